The number of para-hydroxylation sites is 1. The minimum Gasteiger partial charge on any atom is -0.497 e. The Balaban J connectivity index is 1.71. The second-order valence-corrected chi connectivity index (χ2v) is 7.93. The van der Waals surface area contributed by atoms with Crippen LogP contribution in [0.2, 0.25) is 0 Å². The van der Waals surface area contributed by atoms with Gasteiger partial charge in [-0.2, -0.15) is 0 Å². The summed E-state index contributed by atoms with van der Waals surface area (Å²) in [5.74, 6) is 1.25. The van der Waals surface area contributed by atoms with E-state index < -0.39 is 5.41 Å². The van der Waals surface area contributed by atoms with Crippen molar-refractivity contribution in [3.8, 4) is 22.8 Å². The summed E-state index contributed by atoms with van der Waals surface area (Å²) < 4.78 is 16.1. The van der Waals surface area contributed by atoms with Crippen LogP contribution in [0.3, 0.4) is 0 Å². The molecule has 0 aliphatic carbocycles. The third kappa shape index (κ3) is 5.09. The number of carbonyl (C=O) groups excluding carboxylic acids is 1. The van der Waals surface area contributed by atoms with Crippen molar-refractivity contribution < 1.29 is 19.0 Å². The van der Waals surface area contributed by atoms with Crippen molar-refractivity contribution in [2.24, 2.45) is 5.41 Å². The van der Waals surface area contributed by atoms with Crippen LogP contribution in [0.15, 0.2) is 54.6 Å². The molecule has 3 aromatic rings. The maximum absolute atomic E-state index is 11.8. The van der Waals surface area contributed by atoms with Crippen LogP contribution in [0, 0.1) is 5.41 Å². The van der Waals surface area contributed by atoms with Gasteiger partial charge < -0.3 is 14.2 Å². The quantitative estimate of drug-likeness (QED) is 0.338. The van der Waals surface area contributed by atoms with E-state index in [0.29, 0.717) is 12.5 Å². The summed E-state index contributed by atoms with van der Waals surface area (Å²) in [6.07, 6.45) is 2.47. The van der Waals surface area contributed by atoms with Gasteiger partial charge in [0, 0.05) is 11.5 Å². The number of benzene rings is 2. The lowest BCUT2D eigenvalue weighted by Crippen LogP contribution is -2.25. The van der Waals surface area contributed by atoms with Gasteiger partial charge in [0.15, 0.2) is 0 Å². The molecule has 0 aliphatic rings. The van der Waals surface area contributed by atoms with Gasteiger partial charge in [0.25, 0.3) is 0 Å². The van der Waals surface area contributed by atoms with Crippen LogP contribution in [-0.2, 0) is 9.53 Å². The Hall–Kier alpha value is -3.08. The minimum atomic E-state index is -0.475. The molecular weight excluding hydrogens is 378 g/mol. The number of rotatable bonds is 9. The number of hydrogen-bond donors (Lipinski definition) is 0. The van der Waals surface area contributed by atoms with E-state index in [1.807, 2.05) is 62.4 Å². The zero-order chi connectivity index (χ0) is 21.6. The highest BCUT2D eigenvalue weighted by Gasteiger charge is 2.27. The first-order valence-corrected chi connectivity index (χ1v) is 10.2. The van der Waals surface area contributed by atoms with Crippen LogP contribution in [-0.4, -0.2) is 31.8 Å². The number of fused-ring (bicyclic) bond motifs is 1. The number of esters is 1. The van der Waals surface area contributed by atoms with E-state index in [-0.39, 0.29) is 5.97 Å². The van der Waals surface area contributed by atoms with Gasteiger partial charge >= 0.3 is 5.97 Å². The van der Waals surface area contributed by atoms with Gasteiger partial charge in [-0.25, -0.2) is 4.98 Å². The number of methoxy groups -OCH3 is 2. The average molecular weight is 408 g/mol. The Morgan fingerprint density at radius 2 is 1.73 bits per heavy atom. The fourth-order valence-electron chi connectivity index (χ4n) is 3.46. The van der Waals surface area contributed by atoms with Gasteiger partial charge in [0.05, 0.1) is 31.8 Å². The van der Waals surface area contributed by atoms with E-state index >= 15 is 0 Å². The van der Waals surface area contributed by atoms with E-state index in [4.69, 9.17) is 14.2 Å². The Labute approximate surface area is 178 Å². The highest BCUT2D eigenvalue weighted by Crippen LogP contribution is 2.32. The molecule has 158 valence electrons. The van der Waals surface area contributed by atoms with Gasteiger partial charge in [-0.1, -0.05) is 30.3 Å². The van der Waals surface area contributed by atoms with E-state index in [2.05, 4.69) is 11.1 Å². The van der Waals surface area contributed by atoms with Gasteiger partial charge in [-0.05, 0) is 62.4 Å². The van der Waals surface area contributed by atoms with Crippen molar-refractivity contribution in [1.29, 1.82) is 0 Å². The Morgan fingerprint density at radius 3 is 2.43 bits per heavy atom. The van der Waals surface area contributed by atoms with E-state index in [1.54, 1.807) is 7.11 Å². The molecule has 0 bridgehead atoms. The summed E-state index contributed by atoms with van der Waals surface area (Å²) in [4.78, 5) is 16.4. The molecule has 5 nitrogen and oxygen atoms in total. The van der Waals surface area contributed by atoms with Crippen LogP contribution < -0.4 is 9.47 Å². The fourth-order valence-corrected chi connectivity index (χ4v) is 3.46. The average Bonchev–Trinajstić information content (AvgIpc) is 2.77. The predicted molar refractivity (Wildman–Crippen MR) is 119 cm³/mol. The summed E-state index contributed by atoms with van der Waals surface area (Å²) in [7, 11) is 3.09. The Bertz CT molecular complexity index is 996. The predicted octanol–water partition coefficient (Wildman–Crippen LogP) is 5.66. The molecule has 0 saturated carbocycles. The topological polar surface area (TPSA) is 57.7 Å². The van der Waals surface area contributed by atoms with Crippen LogP contribution in [0.25, 0.3) is 22.0 Å². The number of carbonyl (C=O) groups is 1. The maximum Gasteiger partial charge on any atom is 0.311 e. The second-order valence-electron chi connectivity index (χ2n) is 7.93. The highest BCUT2D eigenvalue weighted by atomic mass is 16.5. The monoisotopic (exact) mass is 407 g/mol. The van der Waals surface area contributed by atoms with Crippen molar-refractivity contribution in [1.82, 2.24) is 4.98 Å². The van der Waals surface area contributed by atoms with Gasteiger partial charge in [-0.15, -0.1) is 0 Å². The first-order chi connectivity index (χ1) is 14.4. The molecule has 2 aromatic carbocycles. The first kappa shape index (κ1) is 21.6. The molecule has 0 amide bonds. The van der Waals surface area contributed by atoms with Gasteiger partial charge in [0.1, 0.15) is 5.75 Å². The number of hydrogen-bond acceptors (Lipinski definition) is 5. The lowest BCUT2D eigenvalue weighted by molar-refractivity contribution is -0.151. The SMILES string of the molecule is COC(=O)C(C)(C)CCCCOc1cc(-c2ccc(OC)cc2)c2ccccc2n1. The van der Waals surface area contributed by atoms with E-state index in [0.717, 1.165) is 47.0 Å². The van der Waals surface area contributed by atoms with E-state index in [9.17, 15) is 4.79 Å². The normalized spacial score (nSPS) is 11.3. The molecule has 1 heterocycles. The largest absolute Gasteiger partial charge is 0.497 e. The van der Waals surface area contributed by atoms with Crippen molar-refractivity contribution in [3.63, 3.8) is 0 Å². The van der Waals surface area contributed by atoms with Crippen LogP contribution >= 0.6 is 0 Å². The van der Waals surface area contributed by atoms with Gasteiger partial charge in [0.2, 0.25) is 5.88 Å². The van der Waals surface area contributed by atoms with Crippen molar-refractivity contribution >= 4 is 16.9 Å². The number of ether oxygens (including phenoxy) is 3. The minimum absolute atomic E-state index is 0.177. The molecule has 0 spiro atoms. The van der Waals surface area contributed by atoms with E-state index in [1.165, 1.54) is 7.11 Å². The molecule has 3 rings (SSSR count). The van der Waals surface area contributed by atoms with Crippen molar-refractivity contribution in [2.45, 2.75) is 33.1 Å². The number of unbranched alkanes of at least 4 members (excludes halogenated alkanes) is 1. The summed E-state index contributed by atoms with van der Waals surface area (Å²) in [5.41, 5.74) is 2.58. The molecule has 0 fully saturated rings. The summed E-state index contributed by atoms with van der Waals surface area (Å²) >= 11 is 0. The van der Waals surface area contributed by atoms with Crippen LogP contribution in [0.1, 0.15) is 33.1 Å². The highest BCUT2D eigenvalue weighted by molar-refractivity contribution is 5.95. The molecule has 0 N–H and O–H groups in total. The second kappa shape index (κ2) is 9.61. The molecule has 0 unspecified atom stereocenters. The number of pyridine rings is 1. The summed E-state index contributed by atoms with van der Waals surface area (Å²) in [6.45, 7) is 4.36. The third-order valence-electron chi connectivity index (χ3n) is 5.28. The van der Waals surface area contributed by atoms with Crippen molar-refractivity contribution in [3.05, 3.63) is 54.6 Å². The van der Waals surface area contributed by atoms with Crippen LogP contribution in [0.5, 0.6) is 11.6 Å². The molecule has 30 heavy (non-hydrogen) atoms. The maximum atomic E-state index is 11.8. The van der Waals surface area contributed by atoms with Gasteiger partial charge in [-0.3, -0.25) is 4.79 Å². The summed E-state index contributed by atoms with van der Waals surface area (Å²) in [5, 5.41) is 1.08. The third-order valence-corrected chi connectivity index (χ3v) is 5.28. The fraction of sp³-hybridized carbons (Fsp3) is 0.360. The lowest BCUT2D eigenvalue weighted by Gasteiger charge is -2.21. The number of aromatic nitrogens is 1. The number of nitrogens with zero attached hydrogens (tertiary/aromatic N) is 1. The lowest BCUT2D eigenvalue weighted by atomic mass is 9.87. The Kier molecular flexibility index (Phi) is 6.93. The molecule has 1 aromatic heterocycles. The molecule has 0 radical (unpaired) electrons. The summed E-state index contributed by atoms with van der Waals surface area (Å²) in [6, 6.07) is 18.0. The first-order valence-electron chi connectivity index (χ1n) is 10.2. The van der Waals surface area contributed by atoms with Crippen molar-refractivity contribution in [2.75, 3.05) is 20.8 Å². The Morgan fingerprint density at radius 1 is 1.00 bits per heavy atom. The smallest absolute Gasteiger partial charge is 0.311 e. The molecule has 5 heteroatoms. The molecule has 0 saturated heterocycles. The van der Waals surface area contributed by atoms with Crippen LogP contribution in [0.4, 0.5) is 0 Å². The standard InChI is InChI=1S/C25H29NO4/c1-25(2,24(27)29-4)15-7-8-16-30-23-17-21(18-11-13-19(28-3)14-12-18)20-9-5-6-10-22(20)26-23/h5-6,9-14,17H,7-8,15-16H2,1-4H3. The molecule has 0 atom stereocenters. The molecule has 0 aliphatic heterocycles. The zero-order valence-electron chi connectivity index (χ0n) is 18.1. The zero-order valence-corrected chi connectivity index (χ0v) is 18.1. The molecular formula is C25H29NO4.